The summed E-state index contributed by atoms with van der Waals surface area (Å²) in [5.41, 5.74) is 4.63. The van der Waals surface area contributed by atoms with Crippen molar-refractivity contribution in [3.05, 3.63) is 90.8 Å². The number of hydroxylamine groups is 1. The number of nitrogens with zero attached hydrogens (tertiary/aromatic N) is 1. The summed E-state index contributed by atoms with van der Waals surface area (Å²) in [6.07, 6.45) is 4.91. The molecule has 3 rings (SSSR count). The second-order valence-electron chi connectivity index (χ2n) is 6.86. The molecule has 0 radical (unpaired) electrons. The minimum absolute atomic E-state index is 0.0642. The zero-order chi connectivity index (χ0) is 21.7. The van der Waals surface area contributed by atoms with Crippen LogP contribution in [0.1, 0.15) is 12.0 Å². The SMILES string of the molecule is O=C(CNOS(=O)c1ccccc1)N[C@H](CCNc1ccncc1)Cc1ccccc1. The van der Waals surface area contributed by atoms with Crippen LogP contribution in [0.5, 0.6) is 0 Å². The topological polar surface area (TPSA) is 92.3 Å². The van der Waals surface area contributed by atoms with Crippen LogP contribution in [0.15, 0.2) is 90.1 Å². The van der Waals surface area contributed by atoms with Crippen molar-refractivity contribution >= 4 is 22.7 Å². The fourth-order valence-electron chi connectivity index (χ4n) is 2.99. The molecule has 3 N–H and O–H groups in total. The summed E-state index contributed by atoms with van der Waals surface area (Å²) in [4.78, 5) is 16.9. The third-order valence-corrected chi connectivity index (χ3v) is 5.42. The molecule has 1 amide bonds. The van der Waals surface area contributed by atoms with E-state index in [1.165, 1.54) is 0 Å². The number of hydrogen-bond acceptors (Lipinski definition) is 6. The average Bonchev–Trinajstić information content (AvgIpc) is 2.81. The smallest absolute Gasteiger partial charge is 0.236 e. The Kier molecular flexibility index (Phi) is 9.18. The van der Waals surface area contributed by atoms with Crippen LogP contribution in [0.3, 0.4) is 0 Å². The third kappa shape index (κ3) is 8.29. The van der Waals surface area contributed by atoms with Crippen molar-refractivity contribution in [3.8, 4) is 0 Å². The highest BCUT2D eigenvalue weighted by atomic mass is 32.2. The Bertz CT molecular complexity index is 943. The Morgan fingerprint density at radius 3 is 2.35 bits per heavy atom. The van der Waals surface area contributed by atoms with Crippen LogP contribution in [0.25, 0.3) is 0 Å². The highest BCUT2D eigenvalue weighted by molar-refractivity contribution is 7.80. The number of anilines is 1. The summed E-state index contributed by atoms with van der Waals surface area (Å²) in [5.74, 6) is -0.227. The summed E-state index contributed by atoms with van der Waals surface area (Å²) in [7, 11) is 0. The van der Waals surface area contributed by atoms with Crippen LogP contribution in [-0.4, -0.2) is 34.2 Å². The number of benzene rings is 2. The van der Waals surface area contributed by atoms with Gasteiger partial charge in [0.15, 0.2) is 0 Å². The molecule has 2 aromatic carbocycles. The largest absolute Gasteiger partial charge is 0.385 e. The van der Waals surface area contributed by atoms with E-state index in [-0.39, 0.29) is 18.5 Å². The van der Waals surface area contributed by atoms with E-state index in [1.807, 2.05) is 48.5 Å². The number of hydrogen-bond donors (Lipinski definition) is 3. The van der Waals surface area contributed by atoms with Gasteiger partial charge in [0.2, 0.25) is 17.0 Å². The Labute approximate surface area is 184 Å². The van der Waals surface area contributed by atoms with Crippen LogP contribution in [0.4, 0.5) is 5.69 Å². The molecule has 2 atom stereocenters. The fourth-order valence-corrected chi connectivity index (χ4v) is 3.63. The molecule has 3 aromatic rings. The summed E-state index contributed by atoms with van der Waals surface area (Å²) in [6, 6.07) is 22.5. The first-order valence-electron chi connectivity index (χ1n) is 10.0. The van der Waals surface area contributed by atoms with Gasteiger partial charge in [-0.05, 0) is 42.7 Å². The molecule has 1 heterocycles. The number of carbonyl (C=O) groups excluding carboxylic acids is 1. The van der Waals surface area contributed by atoms with Crippen LogP contribution >= 0.6 is 0 Å². The number of nitrogens with one attached hydrogen (secondary N) is 3. The van der Waals surface area contributed by atoms with E-state index in [0.717, 1.165) is 17.7 Å². The van der Waals surface area contributed by atoms with Gasteiger partial charge in [0.25, 0.3) is 0 Å². The number of pyridine rings is 1. The third-order valence-electron chi connectivity index (χ3n) is 4.50. The molecule has 0 aliphatic rings. The van der Waals surface area contributed by atoms with E-state index in [9.17, 15) is 9.00 Å². The molecule has 0 bridgehead atoms. The first kappa shape index (κ1) is 22.6. The monoisotopic (exact) mass is 438 g/mol. The predicted octanol–water partition coefficient (Wildman–Crippen LogP) is 2.86. The van der Waals surface area contributed by atoms with E-state index >= 15 is 0 Å². The number of aromatic nitrogens is 1. The zero-order valence-electron chi connectivity index (χ0n) is 17.1. The van der Waals surface area contributed by atoms with Crippen molar-refractivity contribution in [2.75, 3.05) is 18.4 Å². The van der Waals surface area contributed by atoms with Gasteiger partial charge in [0, 0.05) is 30.7 Å². The maximum atomic E-state index is 12.4. The lowest BCUT2D eigenvalue weighted by Gasteiger charge is -2.20. The van der Waals surface area contributed by atoms with Crippen molar-refractivity contribution in [1.82, 2.24) is 15.8 Å². The summed E-state index contributed by atoms with van der Waals surface area (Å²) in [6.45, 7) is 0.603. The number of amides is 1. The lowest BCUT2D eigenvalue weighted by Crippen LogP contribution is -2.42. The van der Waals surface area contributed by atoms with Gasteiger partial charge < -0.3 is 10.6 Å². The Balaban J connectivity index is 1.47. The zero-order valence-corrected chi connectivity index (χ0v) is 17.9. The average molecular weight is 439 g/mol. The van der Waals surface area contributed by atoms with Gasteiger partial charge in [-0.15, -0.1) is 0 Å². The Morgan fingerprint density at radius 2 is 1.65 bits per heavy atom. The van der Waals surface area contributed by atoms with Crippen LogP contribution in [0.2, 0.25) is 0 Å². The van der Waals surface area contributed by atoms with Crippen molar-refractivity contribution < 1.29 is 13.3 Å². The summed E-state index contributed by atoms with van der Waals surface area (Å²) >= 11 is -1.68. The number of carbonyl (C=O) groups is 1. The van der Waals surface area contributed by atoms with E-state index < -0.39 is 11.1 Å². The van der Waals surface area contributed by atoms with Gasteiger partial charge in [-0.1, -0.05) is 48.5 Å². The van der Waals surface area contributed by atoms with Crippen molar-refractivity contribution in [2.24, 2.45) is 0 Å². The molecule has 0 fully saturated rings. The van der Waals surface area contributed by atoms with E-state index in [1.54, 1.807) is 36.7 Å². The fraction of sp³-hybridized carbons (Fsp3) is 0.217. The molecule has 0 aliphatic heterocycles. The summed E-state index contributed by atoms with van der Waals surface area (Å²) in [5, 5.41) is 6.37. The maximum Gasteiger partial charge on any atom is 0.236 e. The highest BCUT2D eigenvalue weighted by Crippen LogP contribution is 2.09. The molecular weight excluding hydrogens is 412 g/mol. The molecule has 0 saturated heterocycles. The molecule has 31 heavy (non-hydrogen) atoms. The molecule has 0 aliphatic carbocycles. The van der Waals surface area contributed by atoms with Crippen LogP contribution < -0.4 is 16.1 Å². The van der Waals surface area contributed by atoms with E-state index in [4.69, 9.17) is 4.28 Å². The van der Waals surface area contributed by atoms with Gasteiger partial charge in [0.1, 0.15) is 6.54 Å². The lowest BCUT2D eigenvalue weighted by molar-refractivity contribution is -0.122. The number of rotatable bonds is 12. The lowest BCUT2D eigenvalue weighted by atomic mass is 10.0. The van der Waals surface area contributed by atoms with Gasteiger partial charge in [-0.2, -0.15) is 9.76 Å². The molecule has 0 saturated carbocycles. The summed E-state index contributed by atoms with van der Waals surface area (Å²) < 4.78 is 17.1. The molecule has 162 valence electrons. The van der Waals surface area contributed by atoms with Crippen molar-refractivity contribution in [1.29, 1.82) is 0 Å². The Morgan fingerprint density at radius 1 is 0.968 bits per heavy atom. The maximum absolute atomic E-state index is 12.4. The van der Waals surface area contributed by atoms with Crippen molar-refractivity contribution in [2.45, 2.75) is 23.8 Å². The minimum atomic E-state index is -1.68. The quantitative estimate of drug-likeness (QED) is 0.377. The van der Waals surface area contributed by atoms with E-state index in [0.29, 0.717) is 17.9 Å². The molecule has 1 aromatic heterocycles. The van der Waals surface area contributed by atoms with Gasteiger partial charge in [0.05, 0.1) is 4.90 Å². The molecule has 8 heteroatoms. The van der Waals surface area contributed by atoms with E-state index in [2.05, 4.69) is 21.1 Å². The first-order chi connectivity index (χ1) is 15.2. The standard InChI is InChI=1S/C23H26N4O3S/c28-23(18-26-30-31(29)22-9-5-2-6-10-22)27-21(17-19-7-3-1-4-8-19)13-16-25-20-11-14-24-15-12-20/h1-12,14-15,21,26H,13,16-18H2,(H,24,25)(H,27,28)/t21-,31?/m1/s1. The molecule has 7 nitrogen and oxygen atoms in total. The molecule has 1 unspecified atom stereocenters. The molecule has 0 spiro atoms. The second kappa shape index (κ2) is 12.6. The van der Waals surface area contributed by atoms with Crippen LogP contribution in [0, 0.1) is 0 Å². The van der Waals surface area contributed by atoms with Gasteiger partial charge in [-0.3, -0.25) is 9.78 Å². The second-order valence-corrected chi connectivity index (χ2v) is 7.97. The van der Waals surface area contributed by atoms with Crippen molar-refractivity contribution in [3.63, 3.8) is 0 Å². The predicted molar refractivity (Wildman–Crippen MR) is 121 cm³/mol. The highest BCUT2D eigenvalue weighted by Gasteiger charge is 2.14. The first-order valence-corrected chi connectivity index (χ1v) is 11.1. The van der Waals surface area contributed by atoms with Gasteiger partial charge >= 0.3 is 0 Å². The normalized spacial score (nSPS) is 12.6. The molecular formula is C23H26N4O3S. The minimum Gasteiger partial charge on any atom is -0.385 e. The Hall–Kier alpha value is -3.07. The van der Waals surface area contributed by atoms with Crippen LogP contribution in [-0.2, 0) is 26.6 Å². The van der Waals surface area contributed by atoms with Gasteiger partial charge in [-0.25, -0.2) is 4.21 Å².